The summed E-state index contributed by atoms with van der Waals surface area (Å²) in [4.78, 5) is 22.0. The summed E-state index contributed by atoms with van der Waals surface area (Å²) in [6.45, 7) is 2.38. The van der Waals surface area contributed by atoms with Gasteiger partial charge in [0.25, 0.3) is 0 Å². The third-order valence-electron chi connectivity index (χ3n) is 1.94. The number of primary amides is 1. The largest absolute Gasteiger partial charge is 0.368 e. The summed E-state index contributed by atoms with van der Waals surface area (Å²) in [5.74, 6) is -0.622. The molecule has 0 aromatic heterocycles. The van der Waals surface area contributed by atoms with Crippen molar-refractivity contribution in [2.75, 3.05) is 6.54 Å². The van der Waals surface area contributed by atoms with Crippen molar-refractivity contribution in [1.29, 1.82) is 0 Å². The number of hydrogen-bond donors (Lipinski definition) is 3. The standard InChI is InChI=1S/C9H19N3O2/c1-2-7(9(11)14)12-8(13)5-3-4-6-10/h7H,2-6,10H2,1H3,(H2,11,14)(H,12,13). The highest BCUT2D eigenvalue weighted by atomic mass is 16.2. The second-order valence-electron chi connectivity index (χ2n) is 3.18. The van der Waals surface area contributed by atoms with Crippen LogP contribution in [0, 0.1) is 0 Å². The SMILES string of the molecule is CCC(NC(=O)CCCCN)C(N)=O. The summed E-state index contributed by atoms with van der Waals surface area (Å²) in [6, 6.07) is -0.541. The molecule has 0 aromatic rings. The normalized spacial score (nSPS) is 12.1. The lowest BCUT2D eigenvalue weighted by atomic mass is 10.2. The number of hydrogen-bond acceptors (Lipinski definition) is 3. The molecule has 0 saturated carbocycles. The van der Waals surface area contributed by atoms with Gasteiger partial charge in [0.1, 0.15) is 6.04 Å². The minimum Gasteiger partial charge on any atom is -0.368 e. The Balaban J connectivity index is 3.74. The molecule has 82 valence electrons. The van der Waals surface area contributed by atoms with Gasteiger partial charge in [-0.2, -0.15) is 0 Å². The summed E-state index contributed by atoms with van der Waals surface area (Å²) < 4.78 is 0. The Hall–Kier alpha value is -1.10. The van der Waals surface area contributed by atoms with Gasteiger partial charge in [-0.25, -0.2) is 0 Å². The van der Waals surface area contributed by atoms with Crippen LogP contribution in [0.25, 0.3) is 0 Å². The van der Waals surface area contributed by atoms with Crippen molar-refractivity contribution < 1.29 is 9.59 Å². The van der Waals surface area contributed by atoms with E-state index in [4.69, 9.17) is 11.5 Å². The molecule has 2 amide bonds. The van der Waals surface area contributed by atoms with Gasteiger partial charge in [-0.1, -0.05) is 6.92 Å². The molecule has 0 aliphatic rings. The zero-order valence-corrected chi connectivity index (χ0v) is 8.58. The number of nitrogens with two attached hydrogens (primary N) is 2. The van der Waals surface area contributed by atoms with Crippen molar-refractivity contribution in [1.82, 2.24) is 5.32 Å². The van der Waals surface area contributed by atoms with Gasteiger partial charge in [-0.15, -0.1) is 0 Å². The van der Waals surface area contributed by atoms with Crippen molar-refractivity contribution in [2.45, 2.75) is 38.6 Å². The van der Waals surface area contributed by atoms with Crippen LogP contribution in [0.3, 0.4) is 0 Å². The highest BCUT2D eigenvalue weighted by molar-refractivity contribution is 5.86. The molecule has 0 rings (SSSR count). The molecular formula is C9H19N3O2. The molecule has 0 radical (unpaired) electrons. The molecule has 0 saturated heterocycles. The van der Waals surface area contributed by atoms with Gasteiger partial charge in [0, 0.05) is 6.42 Å². The Morgan fingerprint density at radius 2 is 2.00 bits per heavy atom. The van der Waals surface area contributed by atoms with Crippen LogP contribution in [0.4, 0.5) is 0 Å². The lowest BCUT2D eigenvalue weighted by Gasteiger charge is -2.12. The van der Waals surface area contributed by atoms with Crippen LogP contribution in [-0.4, -0.2) is 24.4 Å². The van der Waals surface area contributed by atoms with E-state index in [-0.39, 0.29) is 5.91 Å². The molecule has 0 heterocycles. The molecule has 0 fully saturated rings. The third kappa shape index (κ3) is 5.53. The molecule has 0 aliphatic heterocycles. The number of carbonyl (C=O) groups excluding carboxylic acids is 2. The van der Waals surface area contributed by atoms with Crippen molar-refractivity contribution in [2.24, 2.45) is 11.5 Å². The predicted molar refractivity (Wildman–Crippen MR) is 54.3 cm³/mol. The maximum absolute atomic E-state index is 11.2. The molecule has 1 atom stereocenters. The van der Waals surface area contributed by atoms with Crippen molar-refractivity contribution in [3.05, 3.63) is 0 Å². The van der Waals surface area contributed by atoms with E-state index >= 15 is 0 Å². The summed E-state index contributed by atoms with van der Waals surface area (Å²) in [7, 11) is 0. The van der Waals surface area contributed by atoms with E-state index in [0.717, 1.165) is 12.8 Å². The Bertz CT molecular complexity index is 194. The first kappa shape index (κ1) is 12.9. The van der Waals surface area contributed by atoms with Crippen molar-refractivity contribution in [3.8, 4) is 0 Å². The Kier molecular flexibility index (Phi) is 6.74. The van der Waals surface area contributed by atoms with Gasteiger partial charge in [0.2, 0.25) is 11.8 Å². The summed E-state index contributed by atoms with van der Waals surface area (Å²) >= 11 is 0. The van der Waals surface area contributed by atoms with Gasteiger partial charge in [0.05, 0.1) is 0 Å². The number of amides is 2. The second-order valence-corrected chi connectivity index (χ2v) is 3.18. The zero-order chi connectivity index (χ0) is 11.0. The predicted octanol–water partition coefficient (Wildman–Crippen LogP) is -0.504. The van der Waals surface area contributed by atoms with E-state index in [9.17, 15) is 9.59 Å². The Labute approximate surface area is 84.2 Å². The van der Waals surface area contributed by atoms with Gasteiger partial charge in [-0.3, -0.25) is 9.59 Å². The number of carbonyl (C=O) groups is 2. The Morgan fingerprint density at radius 3 is 2.43 bits per heavy atom. The van der Waals surface area contributed by atoms with Gasteiger partial charge >= 0.3 is 0 Å². The molecule has 5 heteroatoms. The minimum atomic E-state index is -0.541. The fraction of sp³-hybridized carbons (Fsp3) is 0.778. The lowest BCUT2D eigenvalue weighted by Crippen LogP contribution is -2.43. The van der Waals surface area contributed by atoms with Crippen LogP contribution in [0.15, 0.2) is 0 Å². The fourth-order valence-corrected chi connectivity index (χ4v) is 1.07. The molecule has 0 aromatic carbocycles. The van der Waals surface area contributed by atoms with Gasteiger partial charge in [-0.05, 0) is 25.8 Å². The van der Waals surface area contributed by atoms with E-state index in [1.807, 2.05) is 0 Å². The quantitative estimate of drug-likeness (QED) is 0.484. The summed E-state index contributed by atoms with van der Waals surface area (Å²) in [6.07, 6.45) is 2.50. The first-order valence-electron chi connectivity index (χ1n) is 4.90. The monoisotopic (exact) mass is 201 g/mol. The molecule has 0 bridgehead atoms. The topological polar surface area (TPSA) is 98.2 Å². The molecule has 5 nitrogen and oxygen atoms in total. The van der Waals surface area contributed by atoms with Crippen LogP contribution in [-0.2, 0) is 9.59 Å². The highest BCUT2D eigenvalue weighted by Crippen LogP contribution is 1.96. The van der Waals surface area contributed by atoms with Gasteiger partial charge in [0.15, 0.2) is 0 Å². The average Bonchev–Trinajstić information content (AvgIpc) is 2.14. The van der Waals surface area contributed by atoms with Crippen molar-refractivity contribution in [3.63, 3.8) is 0 Å². The van der Waals surface area contributed by atoms with Crippen molar-refractivity contribution >= 4 is 11.8 Å². The smallest absolute Gasteiger partial charge is 0.239 e. The van der Waals surface area contributed by atoms with E-state index in [1.165, 1.54) is 0 Å². The summed E-state index contributed by atoms with van der Waals surface area (Å²) in [5.41, 5.74) is 10.4. The number of rotatable bonds is 7. The highest BCUT2D eigenvalue weighted by Gasteiger charge is 2.14. The van der Waals surface area contributed by atoms with Gasteiger partial charge < -0.3 is 16.8 Å². The fourth-order valence-electron chi connectivity index (χ4n) is 1.07. The van der Waals surface area contributed by atoms with Crippen LogP contribution < -0.4 is 16.8 Å². The zero-order valence-electron chi connectivity index (χ0n) is 8.58. The molecular weight excluding hydrogens is 182 g/mol. The third-order valence-corrected chi connectivity index (χ3v) is 1.94. The maximum atomic E-state index is 11.2. The molecule has 14 heavy (non-hydrogen) atoms. The number of nitrogens with one attached hydrogen (secondary N) is 1. The van der Waals surface area contributed by atoms with E-state index in [1.54, 1.807) is 6.92 Å². The molecule has 0 spiro atoms. The second kappa shape index (κ2) is 7.32. The molecule has 0 aliphatic carbocycles. The minimum absolute atomic E-state index is 0.135. The first-order chi connectivity index (χ1) is 6.61. The number of unbranched alkanes of at least 4 members (excludes halogenated alkanes) is 1. The van der Waals surface area contributed by atoms with E-state index in [2.05, 4.69) is 5.32 Å². The van der Waals surface area contributed by atoms with E-state index in [0.29, 0.717) is 19.4 Å². The van der Waals surface area contributed by atoms with Crippen LogP contribution in [0.5, 0.6) is 0 Å². The molecule has 5 N–H and O–H groups in total. The molecule has 1 unspecified atom stereocenters. The van der Waals surface area contributed by atoms with Crippen LogP contribution in [0.1, 0.15) is 32.6 Å². The lowest BCUT2D eigenvalue weighted by molar-refractivity contribution is -0.127. The average molecular weight is 201 g/mol. The van der Waals surface area contributed by atoms with E-state index < -0.39 is 11.9 Å². The van der Waals surface area contributed by atoms with Crippen LogP contribution >= 0.6 is 0 Å². The Morgan fingerprint density at radius 1 is 1.36 bits per heavy atom. The van der Waals surface area contributed by atoms with Crippen LogP contribution in [0.2, 0.25) is 0 Å². The summed E-state index contributed by atoms with van der Waals surface area (Å²) in [5, 5.41) is 2.57. The first-order valence-corrected chi connectivity index (χ1v) is 4.90. The maximum Gasteiger partial charge on any atom is 0.239 e.